The first-order valence-corrected chi connectivity index (χ1v) is 13.9. The average Bonchev–Trinajstić information content (AvgIpc) is 3.09. The van der Waals surface area contributed by atoms with Gasteiger partial charge in [-0.3, -0.25) is 0 Å². The van der Waals surface area contributed by atoms with Gasteiger partial charge in [-0.15, -0.1) is 0 Å². The molecule has 2 heteroatoms. The zero-order valence-electron chi connectivity index (χ0n) is 21.5. The first-order valence-electron chi connectivity index (χ1n) is 13.9. The lowest BCUT2D eigenvalue weighted by atomic mass is 9.43. The molecule has 0 saturated heterocycles. The van der Waals surface area contributed by atoms with E-state index in [4.69, 9.17) is 0 Å². The van der Waals surface area contributed by atoms with Crippen LogP contribution in [0.5, 0.6) is 0 Å². The van der Waals surface area contributed by atoms with Crippen molar-refractivity contribution in [2.75, 3.05) is 0 Å². The number of aliphatic hydroxyl groups excluding tert-OH is 1. The molecule has 10 atom stereocenters. The summed E-state index contributed by atoms with van der Waals surface area (Å²) < 4.78 is 0. The Morgan fingerprint density at radius 3 is 2.23 bits per heavy atom. The minimum Gasteiger partial charge on any atom is -0.393 e. The van der Waals surface area contributed by atoms with Crippen LogP contribution in [0.15, 0.2) is 0 Å². The van der Waals surface area contributed by atoms with Gasteiger partial charge in [-0.05, 0) is 129 Å². The van der Waals surface area contributed by atoms with Crippen molar-refractivity contribution in [3.8, 4) is 0 Å². The SMILES string of the molecule is CC[C@]1(O)CC[C@@]2(C)[C@@H](CC[C@@H]3[C@@H]2CC[C@]2(C)[C@@H]([C@H](C)CC[C@H](O)C(C)C)CC[C@@H]32)C1. The van der Waals surface area contributed by atoms with Gasteiger partial charge in [0.25, 0.3) is 0 Å². The standard InChI is InChI=1S/C29H52O2/c1-7-29(31)17-16-27(5)21(18-29)9-10-22-24-12-11-23(28(24,6)15-14-25(22)27)20(4)8-13-26(30)19(2)3/h19-26,30-31H,7-18H2,1-6H3/t20-,21+,22+,23-,24+,25+,26+,27+,28-,29+/m1/s1. The van der Waals surface area contributed by atoms with Gasteiger partial charge in [0.05, 0.1) is 11.7 Å². The molecule has 0 radical (unpaired) electrons. The summed E-state index contributed by atoms with van der Waals surface area (Å²) in [5.41, 5.74) is 0.608. The Morgan fingerprint density at radius 1 is 0.839 bits per heavy atom. The molecule has 0 bridgehead atoms. The van der Waals surface area contributed by atoms with Gasteiger partial charge in [-0.2, -0.15) is 0 Å². The highest BCUT2D eigenvalue weighted by Gasteiger charge is 2.61. The van der Waals surface area contributed by atoms with Gasteiger partial charge in [0.2, 0.25) is 0 Å². The molecule has 4 aliphatic rings. The first kappa shape index (κ1) is 24.1. The molecule has 0 aromatic carbocycles. The van der Waals surface area contributed by atoms with Gasteiger partial charge in [0, 0.05) is 0 Å². The molecule has 0 aromatic rings. The first-order chi connectivity index (χ1) is 14.5. The van der Waals surface area contributed by atoms with Gasteiger partial charge in [0.15, 0.2) is 0 Å². The minimum absolute atomic E-state index is 0.133. The lowest BCUT2D eigenvalue weighted by Crippen LogP contribution is -2.56. The molecule has 0 spiro atoms. The van der Waals surface area contributed by atoms with Gasteiger partial charge in [-0.25, -0.2) is 0 Å². The fraction of sp³-hybridized carbons (Fsp3) is 1.00. The number of hydrogen-bond acceptors (Lipinski definition) is 2. The van der Waals surface area contributed by atoms with E-state index in [0.29, 0.717) is 16.7 Å². The van der Waals surface area contributed by atoms with Crippen LogP contribution in [0.25, 0.3) is 0 Å². The van der Waals surface area contributed by atoms with Crippen LogP contribution in [-0.2, 0) is 0 Å². The highest BCUT2D eigenvalue weighted by atomic mass is 16.3. The van der Waals surface area contributed by atoms with Crippen LogP contribution >= 0.6 is 0 Å². The largest absolute Gasteiger partial charge is 0.393 e. The van der Waals surface area contributed by atoms with Gasteiger partial charge < -0.3 is 10.2 Å². The van der Waals surface area contributed by atoms with E-state index in [9.17, 15) is 10.2 Å². The molecule has 0 amide bonds. The molecule has 0 heterocycles. The predicted octanol–water partition coefficient (Wildman–Crippen LogP) is 7.22. The van der Waals surface area contributed by atoms with Crippen molar-refractivity contribution in [1.29, 1.82) is 0 Å². The Bertz CT molecular complexity index is 630. The van der Waals surface area contributed by atoms with Crippen LogP contribution in [0.4, 0.5) is 0 Å². The Hall–Kier alpha value is -0.0800. The van der Waals surface area contributed by atoms with Crippen molar-refractivity contribution in [3.05, 3.63) is 0 Å². The third-order valence-electron chi connectivity index (χ3n) is 11.9. The Morgan fingerprint density at radius 2 is 1.55 bits per heavy atom. The topological polar surface area (TPSA) is 40.5 Å². The summed E-state index contributed by atoms with van der Waals surface area (Å²) in [6.07, 6.45) is 14.8. The summed E-state index contributed by atoms with van der Waals surface area (Å²) in [5.74, 6) is 5.44. The van der Waals surface area contributed by atoms with Crippen LogP contribution in [0.1, 0.15) is 119 Å². The molecular formula is C29H52O2. The van der Waals surface area contributed by atoms with Crippen molar-refractivity contribution in [3.63, 3.8) is 0 Å². The number of fused-ring (bicyclic) bond motifs is 5. The van der Waals surface area contributed by atoms with E-state index in [-0.39, 0.29) is 11.7 Å². The quantitative estimate of drug-likeness (QED) is 0.465. The number of rotatable bonds is 6. The second-order valence-electron chi connectivity index (χ2n) is 13.5. The van der Waals surface area contributed by atoms with Crippen molar-refractivity contribution in [1.82, 2.24) is 0 Å². The maximum Gasteiger partial charge on any atom is 0.0648 e. The summed E-state index contributed by atoms with van der Waals surface area (Å²) in [5, 5.41) is 21.4. The molecule has 4 saturated carbocycles. The fourth-order valence-electron chi connectivity index (χ4n) is 9.59. The van der Waals surface area contributed by atoms with E-state index < -0.39 is 0 Å². The summed E-state index contributed by atoms with van der Waals surface area (Å²) in [6, 6.07) is 0. The van der Waals surface area contributed by atoms with Crippen LogP contribution in [0, 0.1) is 52.3 Å². The summed E-state index contributed by atoms with van der Waals surface area (Å²) in [6.45, 7) is 14.2. The summed E-state index contributed by atoms with van der Waals surface area (Å²) in [4.78, 5) is 0. The maximum atomic E-state index is 11.0. The monoisotopic (exact) mass is 432 g/mol. The molecular weight excluding hydrogens is 380 g/mol. The molecule has 0 aromatic heterocycles. The third-order valence-corrected chi connectivity index (χ3v) is 11.9. The van der Waals surface area contributed by atoms with Crippen molar-refractivity contribution in [2.45, 2.75) is 130 Å². The van der Waals surface area contributed by atoms with Crippen LogP contribution < -0.4 is 0 Å². The van der Waals surface area contributed by atoms with E-state index in [1.165, 1.54) is 51.4 Å². The lowest BCUT2D eigenvalue weighted by Gasteiger charge is -2.62. The molecule has 2 nitrogen and oxygen atoms in total. The van der Waals surface area contributed by atoms with Crippen molar-refractivity contribution < 1.29 is 10.2 Å². The van der Waals surface area contributed by atoms with Crippen LogP contribution in [0.2, 0.25) is 0 Å². The molecule has 4 fully saturated rings. The normalized spacial score (nSPS) is 49.3. The Labute approximate surface area is 193 Å². The van der Waals surface area contributed by atoms with Crippen LogP contribution in [0.3, 0.4) is 0 Å². The van der Waals surface area contributed by atoms with Crippen molar-refractivity contribution >= 4 is 0 Å². The van der Waals surface area contributed by atoms with Crippen LogP contribution in [-0.4, -0.2) is 21.9 Å². The predicted molar refractivity (Wildman–Crippen MR) is 130 cm³/mol. The smallest absolute Gasteiger partial charge is 0.0648 e. The molecule has 0 unspecified atom stereocenters. The molecule has 31 heavy (non-hydrogen) atoms. The second kappa shape index (κ2) is 8.61. The molecule has 4 aliphatic carbocycles. The van der Waals surface area contributed by atoms with Gasteiger partial charge >= 0.3 is 0 Å². The summed E-state index contributed by atoms with van der Waals surface area (Å²) in [7, 11) is 0. The van der Waals surface area contributed by atoms with E-state index in [0.717, 1.165) is 61.2 Å². The molecule has 0 aliphatic heterocycles. The molecule has 2 N–H and O–H groups in total. The van der Waals surface area contributed by atoms with Crippen molar-refractivity contribution in [2.24, 2.45) is 52.3 Å². The maximum absolute atomic E-state index is 11.0. The van der Waals surface area contributed by atoms with E-state index in [1.807, 2.05) is 0 Å². The zero-order chi connectivity index (χ0) is 22.6. The Kier molecular flexibility index (Phi) is 6.68. The highest BCUT2D eigenvalue weighted by Crippen LogP contribution is 2.69. The molecule has 180 valence electrons. The van der Waals surface area contributed by atoms with Gasteiger partial charge in [-0.1, -0.05) is 41.5 Å². The minimum atomic E-state index is -0.380. The second-order valence-corrected chi connectivity index (χ2v) is 13.5. The molecule has 4 rings (SSSR count). The lowest BCUT2D eigenvalue weighted by molar-refractivity contribution is -0.152. The number of hydrogen-bond donors (Lipinski definition) is 2. The Balaban J connectivity index is 1.46. The van der Waals surface area contributed by atoms with Gasteiger partial charge in [0.1, 0.15) is 0 Å². The van der Waals surface area contributed by atoms with E-state index >= 15 is 0 Å². The highest BCUT2D eigenvalue weighted by molar-refractivity contribution is 5.10. The average molecular weight is 433 g/mol. The fourth-order valence-corrected chi connectivity index (χ4v) is 9.59. The van der Waals surface area contributed by atoms with E-state index in [2.05, 4.69) is 41.5 Å². The third kappa shape index (κ3) is 4.05. The zero-order valence-corrected chi connectivity index (χ0v) is 21.5. The van der Waals surface area contributed by atoms with E-state index in [1.54, 1.807) is 0 Å². The number of aliphatic hydroxyl groups is 2. The summed E-state index contributed by atoms with van der Waals surface area (Å²) >= 11 is 0.